The molecule has 0 aliphatic carbocycles. The van der Waals surface area contributed by atoms with Crippen LogP contribution in [-0.2, 0) is 29.2 Å². The Balaban J connectivity index is 1.68. The van der Waals surface area contributed by atoms with Gasteiger partial charge in [-0.3, -0.25) is 19.2 Å². The SMILES string of the molecule is Cc1ccc(S(=O)(=O)N2CCC[C@H](C(=O)N3CCC[C@@H]3C(=O)N[C@@H](CC(C)C)C(=O)NCC(N)=O)C2)cc1. The number of likely N-dealkylation sites (tertiary alicyclic amines) is 1. The molecule has 0 aromatic heterocycles. The number of rotatable bonds is 10. The third-order valence-corrected chi connectivity index (χ3v) is 8.89. The van der Waals surface area contributed by atoms with Gasteiger partial charge < -0.3 is 21.3 Å². The van der Waals surface area contributed by atoms with Gasteiger partial charge in [0.15, 0.2) is 0 Å². The molecule has 3 rings (SSSR count). The van der Waals surface area contributed by atoms with Gasteiger partial charge in [-0.15, -0.1) is 0 Å². The van der Waals surface area contributed by atoms with Gasteiger partial charge >= 0.3 is 0 Å². The van der Waals surface area contributed by atoms with E-state index < -0.39 is 45.7 Å². The second kappa shape index (κ2) is 12.7. The number of primary amides is 1. The molecule has 2 fully saturated rings. The monoisotopic (exact) mass is 549 g/mol. The van der Waals surface area contributed by atoms with Crippen LogP contribution in [0.3, 0.4) is 0 Å². The Bertz CT molecular complexity index is 1140. The van der Waals surface area contributed by atoms with E-state index >= 15 is 0 Å². The predicted molar refractivity (Wildman–Crippen MR) is 141 cm³/mol. The maximum atomic E-state index is 13.5. The van der Waals surface area contributed by atoms with Gasteiger partial charge in [-0.2, -0.15) is 4.31 Å². The van der Waals surface area contributed by atoms with Crippen LogP contribution in [-0.4, -0.2) is 79.5 Å². The summed E-state index contributed by atoms with van der Waals surface area (Å²) in [5.41, 5.74) is 6.07. The lowest BCUT2D eigenvalue weighted by molar-refractivity contribution is -0.143. The first-order chi connectivity index (χ1) is 17.9. The zero-order valence-electron chi connectivity index (χ0n) is 22.3. The molecular weight excluding hydrogens is 510 g/mol. The molecule has 11 nitrogen and oxygen atoms in total. The molecule has 3 atom stereocenters. The van der Waals surface area contributed by atoms with Gasteiger partial charge in [-0.25, -0.2) is 8.42 Å². The summed E-state index contributed by atoms with van der Waals surface area (Å²) in [5.74, 6) is -2.34. The number of hydrogen-bond donors (Lipinski definition) is 3. The van der Waals surface area contributed by atoms with Crippen LogP contribution in [0.15, 0.2) is 29.2 Å². The van der Waals surface area contributed by atoms with Gasteiger partial charge in [0.2, 0.25) is 33.7 Å². The predicted octanol–water partition coefficient (Wildman–Crippen LogP) is 0.519. The molecule has 0 radical (unpaired) electrons. The summed E-state index contributed by atoms with van der Waals surface area (Å²) in [6.45, 7) is 6.15. The van der Waals surface area contributed by atoms with Crippen LogP contribution < -0.4 is 16.4 Å². The Morgan fingerprint density at radius 1 is 1.05 bits per heavy atom. The van der Waals surface area contributed by atoms with Crippen molar-refractivity contribution in [2.45, 2.75) is 69.9 Å². The molecule has 210 valence electrons. The average Bonchev–Trinajstić information content (AvgIpc) is 3.36. The maximum Gasteiger partial charge on any atom is 0.243 e. The van der Waals surface area contributed by atoms with Crippen molar-refractivity contribution < 1.29 is 27.6 Å². The van der Waals surface area contributed by atoms with E-state index in [1.807, 2.05) is 20.8 Å². The third kappa shape index (κ3) is 7.31. The quantitative estimate of drug-likeness (QED) is 0.386. The van der Waals surface area contributed by atoms with E-state index in [1.54, 1.807) is 24.3 Å². The summed E-state index contributed by atoms with van der Waals surface area (Å²) in [5, 5.41) is 5.19. The van der Waals surface area contributed by atoms with Crippen molar-refractivity contribution in [1.82, 2.24) is 19.8 Å². The van der Waals surface area contributed by atoms with Crippen LogP contribution in [0.4, 0.5) is 0 Å². The first-order valence-corrected chi connectivity index (χ1v) is 14.6. The highest BCUT2D eigenvalue weighted by Crippen LogP contribution is 2.28. The van der Waals surface area contributed by atoms with Crippen molar-refractivity contribution in [3.63, 3.8) is 0 Å². The number of sulfonamides is 1. The Labute approximate surface area is 224 Å². The number of nitrogens with one attached hydrogen (secondary N) is 2. The van der Waals surface area contributed by atoms with E-state index in [0.717, 1.165) is 5.56 Å². The van der Waals surface area contributed by atoms with Gasteiger partial charge in [0.25, 0.3) is 0 Å². The number of aryl methyl sites for hydroxylation is 1. The minimum Gasteiger partial charge on any atom is -0.368 e. The van der Waals surface area contributed by atoms with Crippen molar-refractivity contribution in [3.8, 4) is 0 Å². The molecule has 2 saturated heterocycles. The Morgan fingerprint density at radius 2 is 1.71 bits per heavy atom. The van der Waals surface area contributed by atoms with Gasteiger partial charge in [0.05, 0.1) is 17.4 Å². The average molecular weight is 550 g/mol. The zero-order valence-corrected chi connectivity index (χ0v) is 23.1. The van der Waals surface area contributed by atoms with E-state index in [2.05, 4.69) is 10.6 Å². The Morgan fingerprint density at radius 3 is 2.34 bits per heavy atom. The van der Waals surface area contributed by atoms with Crippen molar-refractivity contribution in [2.24, 2.45) is 17.6 Å². The second-order valence-electron chi connectivity index (χ2n) is 10.6. The van der Waals surface area contributed by atoms with Gasteiger partial charge in [-0.1, -0.05) is 31.5 Å². The number of carbonyl (C=O) groups excluding carboxylic acids is 4. The Kier molecular flexibility index (Phi) is 9.88. The van der Waals surface area contributed by atoms with E-state index in [0.29, 0.717) is 45.2 Å². The molecule has 0 saturated carbocycles. The van der Waals surface area contributed by atoms with E-state index in [-0.39, 0.29) is 29.8 Å². The van der Waals surface area contributed by atoms with Crippen LogP contribution in [0.25, 0.3) is 0 Å². The zero-order chi connectivity index (χ0) is 28.0. The summed E-state index contributed by atoms with van der Waals surface area (Å²) < 4.78 is 27.8. The molecule has 4 N–H and O–H groups in total. The molecule has 4 amide bonds. The minimum atomic E-state index is -3.74. The summed E-state index contributed by atoms with van der Waals surface area (Å²) in [6, 6.07) is 5.02. The normalized spacial score (nSPS) is 21.2. The summed E-state index contributed by atoms with van der Waals surface area (Å²) in [7, 11) is -3.74. The molecular formula is C26H39N5O6S. The molecule has 12 heteroatoms. The lowest BCUT2D eigenvalue weighted by Crippen LogP contribution is -2.55. The molecule has 2 aliphatic heterocycles. The van der Waals surface area contributed by atoms with E-state index in [1.165, 1.54) is 9.21 Å². The molecule has 2 heterocycles. The maximum absolute atomic E-state index is 13.5. The molecule has 0 spiro atoms. The molecule has 0 unspecified atom stereocenters. The first kappa shape index (κ1) is 29.6. The summed E-state index contributed by atoms with van der Waals surface area (Å²) in [4.78, 5) is 52.1. The largest absolute Gasteiger partial charge is 0.368 e. The van der Waals surface area contributed by atoms with Crippen LogP contribution >= 0.6 is 0 Å². The highest BCUT2D eigenvalue weighted by Gasteiger charge is 2.41. The molecule has 0 bridgehead atoms. The van der Waals surface area contributed by atoms with Crippen molar-refractivity contribution in [2.75, 3.05) is 26.2 Å². The highest BCUT2D eigenvalue weighted by atomic mass is 32.2. The molecule has 38 heavy (non-hydrogen) atoms. The summed E-state index contributed by atoms with van der Waals surface area (Å²) in [6.07, 6.45) is 2.51. The number of piperidine rings is 1. The number of carbonyl (C=O) groups is 4. The van der Waals surface area contributed by atoms with Crippen molar-refractivity contribution in [1.29, 1.82) is 0 Å². The minimum absolute atomic E-state index is 0.0609. The fraction of sp³-hybridized carbons (Fsp3) is 0.615. The first-order valence-electron chi connectivity index (χ1n) is 13.1. The molecule has 1 aromatic carbocycles. The fourth-order valence-corrected chi connectivity index (χ4v) is 6.55. The second-order valence-corrected chi connectivity index (χ2v) is 12.5. The lowest BCUT2D eigenvalue weighted by atomic mass is 9.97. The fourth-order valence-electron chi connectivity index (χ4n) is 5.03. The highest BCUT2D eigenvalue weighted by molar-refractivity contribution is 7.89. The van der Waals surface area contributed by atoms with E-state index in [9.17, 15) is 27.6 Å². The van der Waals surface area contributed by atoms with Gasteiger partial charge in [0.1, 0.15) is 12.1 Å². The standard InChI is InChI=1S/C26H39N5O6S/c1-17(2)14-21(24(33)28-15-23(27)32)29-25(34)22-7-5-13-31(22)26(35)19-6-4-12-30(16-19)38(36,37)20-10-8-18(3)9-11-20/h8-11,17,19,21-22H,4-7,12-16H2,1-3H3,(H2,27,32)(H,28,33)(H,29,34)/t19-,21-,22+/m0/s1. The number of hydrogen-bond acceptors (Lipinski definition) is 6. The van der Waals surface area contributed by atoms with Crippen LogP contribution in [0, 0.1) is 18.8 Å². The number of amides is 4. The van der Waals surface area contributed by atoms with Crippen LogP contribution in [0.2, 0.25) is 0 Å². The van der Waals surface area contributed by atoms with Gasteiger partial charge in [0, 0.05) is 19.6 Å². The number of nitrogens with two attached hydrogens (primary N) is 1. The van der Waals surface area contributed by atoms with Crippen LogP contribution in [0.1, 0.15) is 51.5 Å². The topological polar surface area (TPSA) is 159 Å². The summed E-state index contributed by atoms with van der Waals surface area (Å²) >= 11 is 0. The Hall–Kier alpha value is -2.99. The third-order valence-electron chi connectivity index (χ3n) is 7.01. The molecule has 2 aliphatic rings. The van der Waals surface area contributed by atoms with Crippen molar-refractivity contribution >= 4 is 33.7 Å². The molecule has 1 aromatic rings. The van der Waals surface area contributed by atoms with Gasteiger partial charge in [-0.05, 0) is 57.1 Å². The lowest BCUT2D eigenvalue weighted by Gasteiger charge is -2.35. The van der Waals surface area contributed by atoms with Crippen molar-refractivity contribution in [3.05, 3.63) is 29.8 Å². The van der Waals surface area contributed by atoms with Crippen LogP contribution in [0.5, 0.6) is 0 Å². The number of benzene rings is 1. The number of nitrogens with zero attached hydrogens (tertiary/aromatic N) is 2. The van der Waals surface area contributed by atoms with E-state index in [4.69, 9.17) is 5.73 Å². The smallest absolute Gasteiger partial charge is 0.243 e.